The summed E-state index contributed by atoms with van der Waals surface area (Å²) in [4.78, 5) is 12.4. The summed E-state index contributed by atoms with van der Waals surface area (Å²) in [7, 11) is 0. The van der Waals surface area contributed by atoms with Gasteiger partial charge in [0.2, 0.25) is 5.91 Å². The number of carbonyl (C=O) groups excluding carboxylic acids is 1. The number of ether oxygens (including phenoxy) is 1. The third-order valence-corrected chi connectivity index (χ3v) is 4.93. The summed E-state index contributed by atoms with van der Waals surface area (Å²) in [6, 6.07) is 0.219. The SMILES string of the molecule is CCCOCCCNC(=O)C1CCC(N)C(C)C1(C)C. The average Bonchev–Trinajstić information content (AvgIpc) is 2.40. The summed E-state index contributed by atoms with van der Waals surface area (Å²) in [6.45, 7) is 10.8. The van der Waals surface area contributed by atoms with Crippen molar-refractivity contribution >= 4 is 5.91 Å². The molecule has 4 nitrogen and oxygen atoms in total. The second kappa shape index (κ2) is 7.99. The number of carbonyl (C=O) groups is 1. The first-order chi connectivity index (χ1) is 9.41. The third kappa shape index (κ3) is 4.45. The van der Waals surface area contributed by atoms with Gasteiger partial charge in [-0.1, -0.05) is 27.7 Å². The Balaban J connectivity index is 2.35. The van der Waals surface area contributed by atoms with Crippen LogP contribution in [0.2, 0.25) is 0 Å². The first-order valence-corrected chi connectivity index (χ1v) is 8.02. The van der Waals surface area contributed by atoms with Gasteiger partial charge in [0, 0.05) is 31.7 Å². The summed E-state index contributed by atoms with van der Waals surface area (Å²) < 4.78 is 5.41. The molecule has 1 aliphatic rings. The smallest absolute Gasteiger partial charge is 0.223 e. The lowest BCUT2D eigenvalue weighted by molar-refractivity contribution is -0.132. The van der Waals surface area contributed by atoms with Crippen molar-refractivity contribution in [3.8, 4) is 0 Å². The van der Waals surface area contributed by atoms with Crippen molar-refractivity contribution in [2.24, 2.45) is 23.0 Å². The Bertz CT molecular complexity index is 305. The highest BCUT2D eigenvalue weighted by Crippen LogP contribution is 2.44. The fourth-order valence-corrected chi connectivity index (χ4v) is 3.07. The summed E-state index contributed by atoms with van der Waals surface area (Å²) >= 11 is 0. The Labute approximate surface area is 123 Å². The molecule has 118 valence electrons. The van der Waals surface area contributed by atoms with Crippen molar-refractivity contribution in [1.82, 2.24) is 5.32 Å². The fraction of sp³-hybridized carbons (Fsp3) is 0.938. The number of rotatable bonds is 7. The van der Waals surface area contributed by atoms with E-state index in [0.29, 0.717) is 12.5 Å². The third-order valence-electron chi connectivity index (χ3n) is 4.93. The van der Waals surface area contributed by atoms with Gasteiger partial charge >= 0.3 is 0 Å². The van der Waals surface area contributed by atoms with Crippen molar-refractivity contribution in [2.45, 2.75) is 59.4 Å². The number of nitrogens with two attached hydrogens (primary N) is 1. The molecule has 20 heavy (non-hydrogen) atoms. The Morgan fingerprint density at radius 3 is 2.70 bits per heavy atom. The molecule has 0 aromatic rings. The maximum absolute atomic E-state index is 12.4. The summed E-state index contributed by atoms with van der Waals surface area (Å²) in [5.41, 5.74) is 6.11. The molecular formula is C16H32N2O2. The second-order valence-corrected chi connectivity index (χ2v) is 6.66. The van der Waals surface area contributed by atoms with Crippen molar-refractivity contribution in [2.75, 3.05) is 19.8 Å². The maximum Gasteiger partial charge on any atom is 0.223 e. The van der Waals surface area contributed by atoms with E-state index in [2.05, 4.69) is 33.0 Å². The molecule has 1 saturated carbocycles. The van der Waals surface area contributed by atoms with Crippen molar-refractivity contribution in [3.63, 3.8) is 0 Å². The zero-order valence-corrected chi connectivity index (χ0v) is 13.6. The normalized spacial score (nSPS) is 29.1. The van der Waals surface area contributed by atoms with E-state index >= 15 is 0 Å². The van der Waals surface area contributed by atoms with Gasteiger partial charge in [-0.25, -0.2) is 0 Å². The van der Waals surface area contributed by atoms with E-state index in [4.69, 9.17) is 10.5 Å². The van der Waals surface area contributed by atoms with E-state index in [1.54, 1.807) is 0 Å². The predicted octanol–water partition coefficient (Wildman–Crippen LogP) is 2.32. The van der Waals surface area contributed by atoms with Gasteiger partial charge in [-0.05, 0) is 37.0 Å². The molecule has 0 aliphatic heterocycles. The Kier molecular flexibility index (Phi) is 6.96. The van der Waals surface area contributed by atoms with Gasteiger partial charge < -0.3 is 15.8 Å². The lowest BCUT2D eigenvalue weighted by Gasteiger charge is -2.46. The predicted molar refractivity (Wildman–Crippen MR) is 82.4 cm³/mol. The summed E-state index contributed by atoms with van der Waals surface area (Å²) in [6.07, 6.45) is 3.77. The standard InChI is InChI=1S/C16H32N2O2/c1-5-10-20-11-6-9-18-15(19)13-7-8-14(17)12(2)16(13,3)4/h12-14H,5-11,17H2,1-4H3,(H,18,19). The number of hydrogen-bond acceptors (Lipinski definition) is 3. The molecule has 4 heteroatoms. The van der Waals surface area contributed by atoms with E-state index < -0.39 is 0 Å². The lowest BCUT2D eigenvalue weighted by Crippen LogP contribution is -2.51. The monoisotopic (exact) mass is 284 g/mol. The molecular weight excluding hydrogens is 252 g/mol. The Morgan fingerprint density at radius 2 is 2.05 bits per heavy atom. The minimum Gasteiger partial charge on any atom is -0.381 e. The van der Waals surface area contributed by atoms with Gasteiger partial charge in [0.15, 0.2) is 0 Å². The minimum atomic E-state index is -0.0273. The molecule has 0 spiro atoms. The van der Waals surface area contributed by atoms with Crippen LogP contribution in [0.15, 0.2) is 0 Å². The van der Waals surface area contributed by atoms with Gasteiger partial charge in [-0.15, -0.1) is 0 Å². The van der Waals surface area contributed by atoms with Gasteiger partial charge in [-0.2, -0.15) is 0 Å². The summed E-state index contributed by atoms with van der Waals surface area (Å²) in [5.74, 6) is 0.637. The van der Waals surface area contributed by atoms with Crippen LogP contribution in [0.25, 0.3) is 0 Å². The molecule has 0 heterocycles. The molecule has 1 fully saturated rings. The van der Waals surface area contributed by atoms with Crippen LogP contribution in [0.4, 0.5) is 0 Å². The van der Waals surface area contributed by atoms with E-state index in [9.17, 15) is 4.79 Å². The van der Waals surface area contributed by atoms with Crippen molar-refractivity contribution < 1.29 is 9.53 Å². The molecule has 1 amide bonds. The second-order valence-electron chi connectivity index (χ2n) is 6.66. The van der Waals surface area contributed by atoms with Crippen molar-refractivity contribution in [3.05, 3.63) is 0 Å². The highest BCUT2D eigenvalue weighted by molar-refractivity contribution is 5.79. The van der Waals surface area contributed by atoms with Crippen LogP contribution in [-0.4, -0.2) is 31.7 Å². The topological polar surface area (TPSA) is 64.3 Å². The highest BCUT2D eigenvalue weighted by Gasteiger charge is 2.44. The van der Waals surface area contributed by atoms with Crippen LogP contribution >= 0.6 is 0 Å². The number of hydrogen-bond donors (Lipinski definition) is 2. The Morgan fingerprint density at radius 1 is 1.35 bits per heavy atom. The Hall–Kier alpha value is -0.610. The largest absolute Gasteiger partial charge is 0.381 e. The first kappa shape index (κ1) is 17.4. The van der Waals surface area contributed by atoms with Gasteiger partial charge in [0.25, 0.3) is 0 Å². The van der Waals surface area contributed by atoms with Gasteiger partial charge in [0.1, 0.15) is 0 Å². The number of amides is 1. The lowest BCUT2D eigenvalue weighted by atomic mass is 9.61. The van der Waals surface area contributed by atoms with Crippen LogP contribution in [0.3, 0.4) is 0 Å². The molecule has 3 atom stereocenters. The van der Waals surface area contributed by atoms with Gasteiger partial charge in [-0.3, -0.25) is 4.79 Å². The van der Waals surface area contributed by atoms with E-state index in [0.717, 1.165) is 38.9 Å². The van der Waals surface area contributed by atoms with Crippen LogP contribution in [0.1, 0.15) is 53.4 Å². The van der Waals surface area contributed by atoms with Crippen LogP contribution < -0.4 is 11.1 Å². The molecule has 3 N–H and O–H groups in total. The number of nitrogens with one attached hydrogen (secondary N) is 1. The summed E-state index contributed by atoms with van der Waals surface area (Å²) in [5, 5.41) is 3.06. The quantitative estimate of drug-likeness (QED) is 0.705. The molecule has 0 saturated heterocycles. The molecule has 1 aliphatic carbocycles. The van der Waals surface area contributed by atoms with E-state index in [1.165, 1.54) is 0 Å². The zero-order valence-electron chi connectivity index (χ0n) is 13.6. The average molecular weight is 284 g/mol. The van der Waals surface area contributed by atoms with E-state index in [-0.39, 0.29) is 23.3 Å². The van der Waals surface area contributed by atoms with Gasteiger partial charge in [0.05, 0.1) is 0 Å². The molecule has 0 aromatic carbocycles. The first-order valence-electron chi connectivity index (χ1n) is 8.02. The van der Waals surface area contributed by atoms with E-state index in [1.807, 2.05) is 0 Å². The molecule has 1 rings (SSSR count). The highest BCUT2D eigenvalue weighted by atomic mass is 16.5. The van der Waals surface area contributed by atoms with Crippen LogP contribution in [0, 0.1) is 17.3 Å². The zero-order chi connectivity index (χ0) is 15.2. The molecule has 0 bridgehead atoms. The maximum atomic E-state index is 12.4. The minimum absolute atomic E-state index is 0.0273. The van der Waals surface area contributed by atoms with Crippen molar-refractivity contribution in [1.29, 1.82) is 0 Å². The van der Waals surface area contributed by atoms with Crippen LogP contribution in [0.5, 0.6) is 0 Å². The fourth-order valence-electron chi connectivity index (χ4n) is 3.07. The molecule has 0 radical (unpaired) electrons. The van der Waals surface area contributed by atoms with Crippen LogP contribution in [-0.2, 0) is 9.53 Å². The molecule has 0 aromatic heterocycles. The molecule has 3 unspecified atom stereocenters.